The van der Waals surface area contributed by atoms with Crippen LogP contribution in [0.15, 0.2) is 65.7 Å². The summed E-state index contributed by atoms with van der Waals surface area (Å²) in [5.41, 5.74) is 9.91. The molecule has 4 amide bonds. The van der Waals surface area contributed by atoms with E-state index in [9.17, 15) is 19.2 Å². The second kappa shape index (κ2) is 14.8. The number of nitrogens with zero attached hydrogens (tertiary/aromatic N) is 1. The van der Waals surface area contributed by atoms with Crippen molar-refractivity contribution < 1.29 is 28.8 Å². The molecule has 2 atom stereocenters. The minimum absolute atomic E-state index is 0.240. The molecular formula is C31H36N6O6. The fourth-order valence-electron chi connectivity index (χ4n) is 4.55. The van der Waals surface area contributed by atoms with Crippen LogP contribution in [-0.4, -0.2) is 62.4 Å². The van der Waals surface area contributed by atoms with Crippen molar-refractivity contribution in [2.24, 2.45) is 16.6 Å². The van der Waals surface area contributed by atoms with Crippen molar-refractivity contribution in [3.05, 3.63) is 77.4 Å². The lowest BCUT2D eigenvalue weighted by molar-refractivity contribution is -0.135. The number of unbranched alkanes of at least 4 members (excludes halogenated alkanes) is 1. The van der Waals surface area contributed by atoms with Gasteiger partial charge in [-0.05, 0) is 54.7 Å². The van der Waals surface area contributed by atoms with E-state index in [2.05, 4.69) is 26.4 Å². The monoisotopic (exact) mass is 588 g/mol. The van der Waals surface area contributed by atoms with Crippen LogP contribution in [0, 0.1) is 5.92 Å². The largest absolute Gasteiger partial charge is 0.493 e. The van der Waals surface area contributed by atoms with Gasteiger partial charge in [-0.2, -0.15) is 0 Å². The summed E-state index contributed by atoms with van der Waals surface area (Å²) in [6.07, 6.45) is 1.15. The lowest BCUT2D eigenvalue weighted by Crippen LogP contribution is -2.41. The number of amidine groups is 1. The first-order valence-corrected chi connectivity index (χ1v) is 14.1. The number of aliphatic imine (C=N–C) groups is 1. The predicted octanol–water partition coefficient (Wildman–Crippen LogP) is 1.56. The first-order valence-electron chi connectivity index (χ1n) is 14.1. The van der Waals surface area contributed by atoms with Crippen molar-refractivity contribution in [1.82, 2.24) is 21.4 Å². The molecule has 0 bridgehead atoms. The van der Waals surface area contributed by atoms with Crippen LogP contribution in [0.3, 0.4) is 0 Å². The number of ether oxygens (including phenoxy) is 1. The maximum atomic E-state index is 12.9. The molecule has 3 aromatic rings. The molecule has 4 rings (SSSR count). The average molecular weight is 589 g/mol. The molecule has 43 heavy (non-hydrogen) atoms. The van der Waals surface area contributed by atoms with E-state index in [-0.39, 0.29) is 31.0 Å². The van der Waals surface area contributed by atoms with Crippen molar-refractivity contribution in [2.75, 3.05) is 26.7 Å². The van der Waals surface area contributed by atoms with E-state index in [1.807, 2.05) is 55.5 Å². The van der Waals surface area contributed by atoms with E-state index < -0.39 is 17.7 Å². The van der Waals surface area contributed by atoms with E-state index >= 15 is 0 Å². The van der Waals surface area contributed by atoms with Crippen LogP contribution in [-0.2, 0) is 25.6 Å². The van der Waals surface area contributed by atoms with E-state index in [0.29, 0.717) is 43.1 Å². The van der Waals surface area contributed by atoms with Gasteiger partial charge in [-0.25, -0.2) is 15.3 Å². The molecule has 1 aliphatic rings. The molecule has 1 heterocycles. The van der Waals surface area contributed by atoms with Gasteiger partial charge in [0, 0.05) is 19.2 Å². The zero-order valence-electron chi connectivity index (χ0n) is 24.1. The van der Waals surface area contributed by atoms with Crippen LogP contribution < -0.4 is 31.9 Å². The van der Waals surface area contributed by atoms with Crippen LogP contribution in [0.2, 0.25) is 0 Å². The summed E-state index contributed by atoms with van der Waals surface area (Å²) >= 11 is 0. The Labute approximate surface area is 249 Å². The third-order valence-corrected chi connectivity index (χ3v) is 6.83. The first kappa shape index (κ1) is 31.0. The second-order valence-electron chi connectivity index (χ2n) is 10.1. The third-order valence-electron chi connectivity index (χ3n) is 6.83. The number of nitrogens with one attached hydrogen (secondary N) is 4. The molecule has 0 fully saturated rings. The molecule has 12 heteroatoms. The molecule has 0 saturated heterocycles. The summed E-state index contributed by atoms with van der Waals surface area (Å²) in [5, 5.41) is 9.68. The Balaban J connectivity index is 1.28. The zero-order valence-corrected chi connectivity index (χ0v) is 24.1. The lowest BCUT2D eigenvalue weighted by atomic mass is 9.96. The van der Waals surface area contributed by atoms with Crippen LogP contribution in [0.25, 0.3) is 10.8 Å². The number of hydroxylamine groups is 1. The standard InChI is InChI=1S/C31H36N6O6/c1-19-36-28(37-43-19)21-11-9-20(10-12-21)15-25(29(39)33-2)31(41)34-13-5-6-14-42-26-17-23-8-4-3-7-22(23)16-24(26)30(40)35-18-27(32)38/h3-4,7-12,16-17,19,25H,5-6,13-15,18H2,1-2H3,(H2,32,38)(H,33,39)(H,34,41)(H,35,40)(H,36,37). The molecule has 0 aliphatic carbocycles. The zero-order chi connectivity index (χ0) is 30.8. The minimum Gasteiger partial charge on any atom is -0.493 e. The van der Waals surface area contributed by atoms with Gasteiger partial charge in [0.1, 0.15) is 11.7 Å². The van der Waals surface area contributed by atoms with E-state index in [0.717, 1.165) is 21.9 Å². The number of carbonyl (C=O) groups is 4. The Hall–Kier alpha value is -4.97. The fraction of sp³-hybridized carbons (Fsp3) is 0.323. The number of rotatable bonds is 14. The van der Waals surface area contributed by atoms with Gasteiger partial charge in [-0.15, -0.1) is 0 Å². The normalized spacial score (nSPS) is 14.7. The number of hydrogen-bond donors (Lipinski definition) is 5. The molecule has 2 unspecified atom stereocenters. The van der Waals surface area contributed by atoms with Crippen molar-refractivity contribution in [3.8, 4) is 5.75 Å². The number of hydrogen-bond acceptors (Lipinski definition) is 8. The molecule has 12 nitrogen and oxygen atoms in total. The highest BCUT2D eigenvalue weighted by molar-refractivity contribution is 6.03. The van der Waals surface area contributed by atoms with Crippen LogP contribution >= 0.6 is 0 Å². The number of primary amides is 1. The Kier molecular flexibility index (Phi) is 10.6. The SMILES string of the molecule is CNC(=O)C(Cc1ccc(C2=NC(C)ON2)cc1)C(=O)NCCCCOc1cc2ccccc2cc1C(=O)NCC(N)=O. The third kappa shape index (κ3) is 8.52. The highest BCUT2D eigenvalue weighted by Gasteiger charge is 2.26. The molecule has 226 valence electrons. The molecule has 6 N–H and O–H groups in total. The quantitative estimate of drug-likeness (QED) is 0.140. The molecule has 0 aromatic heterocycles. The van der Waals surface area contributed by atoms with Crippen molar-refractivity contribution in [1.29, 1.82) is 0 Å². The number of amides is 4. The lowest BCUT2D eigenvalue weighted by Gasteiger charge is -2.16. The predicted molar refractivity (Wildman–Crippen MR) is 161 cm³/mol. The number of benzene rings is 3. The van der Waals surface area contributed by atoms with Gasteiger partial charge >= 0.3 is 0 Å². The highest BCUT2D eigenvalue weighted by atomic mass is 16.7. The van der Waals surface area contributed by atoms with Gasteiger partial charge in [0.2, 0.25) is 17.7 Å². The van der Waals surface area contributed by atoms with Crippen LogP contribution in [0.1, 0.15) is 41.3 Å². The van der Waals surface area contributed by atoms with Gasteiger partial charge in [0.05, 0.1) is 18.7 Å². The van der Waals surface area contributed by atoms with E-state index in [4.69, 9.17) is 15.3 Å². The molecule has 3 aromatic carbocycles. The fourth-order valence-corrected chi connectivity index (χ4v) is 4.55. The Bertz CT molecular complexity index is 1510. The smallest absolute Gasteiger partial charge is 0.255 e. The maximum Gasteiger partial charge on any atom is 0.255 e. The molecule has 0 spiro atoms. The summed E-state index contributed by atoms with van der Waals surface area (Å²) in [4.78, 5) is 58.9. The summed E-state index contributed by atoms with van der Waals surface area (Å²) in [7, 11) is 1.50. The number of nitrogens with two attached hydrogens (primary N) is 1. The molecular weight excluding hydrogens is 552 g/mol. The van der Waals surface area contributed by atoms with E-state index in [1.165, 1.54) is 7.05 Å². The summed E-state index contributed by atoms with van der Waals surface area (Å²) in [5.74, 6) is -1.72. The Morgan fingerprint density at radius 3 is 2.37 bits per heavy atom. The second-order valence-corrected chi connectivity index (χ2v) is 10.1. The van der Waals surface area contributed by atoms with Crippen LogP contribution in [0.5, 0.6) is 5.75 Å². The van der Waals surface area contributed by atoms with Gasteiger partial charge in [-0.1, -0.05) is 48.5 Å². The minimum atomic E-state index is -0.892. The van der Waals surface area contributed by atoms with Gasteiger partial charge in [0.15, 0.2) is 12.1 Å². The van der Waals surface area contributed by atoms with Crippen molar-refractivity contribution in [2.45, 2.75) is 32.4 Å². The number of carbonyl (C=O) groups excluding carboxylic acids is 4. The van der Waals surface area contributed by atoms with Crippen LogP contribution in [0.4, 0.5) is 0 Å². The first-order chi connectivity index (χ1) is 20.7. The Morgan fingerprint density at radius 1 is 1.00 bits per heavy atom. The van der Waals surface area contributed by atoms with Gasteiger partial charge in [0.25, 0.3) is 5.91 Å². The van der Waals surface area contributed by atoms with Crippen molar-refractivity contribution in [3.63, 3.8) is 0 Å². The highest BCUT2D eigenvalue weighted by Crippen LogP contribution is 2.26. The topological polar surface area (TPSA) is 173 Å². The summed E-state index contributed by atoms with van der Waals surface area (Å²) in [6, 6.07) is 18.5. The molecule has 0 radical (unpaired) electrons. The maximum absolute atomic E-state index is 12.9. The van der Waals surface area contributed by atoms with Gasteiger partial charge in [-0.3, -0.25) is 19.2 Å². The molecule has 0 saturated carbocycles. The summed E-state index contributed by atoms with van der Waals surface area (Å²) < 4.78 is 5.94. The number of fused-ring (bicyclic) bond motifs is 1. The van der Waals surface area contributed by atoms with E-state index in [1.54, 1.807) is 12.1 Å². The van der Waals surface area contributed by atoms with Gasteiger partial charge < -0.3 is 26.4 Å². The Morgan fingerprint density at radius 2 is 1.72 bits per heavy atom. The van der Waals surface area contributed by atoms with Crippen molar-refractivity contribution >= 4 is 40.2 Å². The average Bonchev–Trinajstić information content (AvgIpc) is 3.45. The summed E-state index contributed by atoms with van der Waals surface area (Å²) in [6.45, 7) is 2.18. The molecule has 1 aliphatic heterocycles.